The van der Waals surface area contributed by atoms with Crippen LogP contribution in [0.5, 0.6) is 11.6 Å². The van der Waals surface area contributed by atoms with Crippen molar-refractivity contribution in [2.24, 2.45) is 5.73 Å². The van der Waals surface area contributed by atoms with Crippen molar-refractivity contribution in [3.8, 4) is 11.6 Å². The molecule has 0 bridgehead atoms. The molecule has 0 fully saturated rings. The van der Waals surface area contributed by atoms with Crippen LogP contribution in [0.15, 0.2) is 35.2 Å². The van der Waals surface area contributed by atoms with E-state index in [2.05, 4.69) is 25.9 Å². The minimum atomic E-state index is 0.479. The first-order valence-electron chi connectivity index (χ1n) is 5.13. The zero-order valence-electron chi connectivity index (χ0n) is 9.35. The lowest BCUT2D eigenvalue weighted by atomic mass is 10.2. The van der Waals surface area contributed by atoms with Gasteiger partial charge in [0.15, 0.2) is 0 Å². The molecular weight excluding hydrogens is 282 g/mol. The number of pyridine rings is 2. The molecule has 2 aromatic heterocycles. The smallest absolute Gasteiger partial charge is 0.222 e. The van der Waals surface area contributed by atoms with Gasteiger partial charge in [-0.25, -0.2) is 4.98 Å². The van der Waals surface area contributed by atoms with Gasteiger partial charge in [-0.2, -0.15) is 0 Å². The molecule has 2 rings (SSSR count). The quantitative estimate of drug-likeness (QED) is 0.945. The predicted molar refractivity (Wildman–Crippen MR) is 68.9 cm³/mol. The van der Waals surface area contributed by atoms with Gasteiger partial charge in [-0.15, -0.1) is 0 Å². The van der Waals surface area contributed by atoms with Crippen LogP contribution in [-0.4, -0.2) is 9.97 Å². The summed E-state index contributed by atoms with van der Waals surface area (Å²) in [6.07, 6.45) is 5.06. The standard InChI is InChI=1S/C12H12BrN3O/c1-8-2-9(4-14)5-16-12(8)17-11-3-10(13)6-15-7-11/h2-3,5-7H,4,14H2,1H3. The minimum Gasteiger partial charge on any atom is -0.437 e. The van der Waals surface area contributed by atoms with Crippen molar-refractivity contribution in [2.75, 3.05) is 0 Å². The zero-order chi connectivity index (χ0) is 12.3. The summed E-state index contributed by atoms with van der Waals surface area (Å²) in [5, 5.41) is 0. The van der Waals surface area contributed by atoms with Crippen molar-refractivity contribution in [3.05, 3.63) is 46.3 Å². The van der Waals surface area contributed by atoms with E-state index in [0.29, 0.717) is 18.2 Å². The Labute approximate surface area is 108 Å². The van der Waals surface area contributed by atoms with Gasteiger partial charge in [-0.05, 0) is 40.5 Å². The van der Waals surface area contributed by atoms with Crippen LogP contribution >= 0.6 is 15.9 Å². The van der Waals surface area contributed by atoms with Crippen LogP contribution in [0.25, 0.3) is 0 Å². The van der Waals surface area contributed by atoms with Crippen molar-refractivity contribution in [3.63, 3.8) is 0 Å². The fourth-order valence-corrected chi connectivity index (χ4v) is 1.74. The van der Waals surface area contributed by atoms with Gasteiger partial charge in [0.05, 0.1) is 6.20 Å². The fourth-order valence-electron chi connectivity index (χ4n) is 1.40. The van der Waals surface area contributed by atoms with Crippen LogP contribution in [0.2, 0.25) is 0 Å². The molecule has 5 heteroatoms. The third-order valence-electron chi connectivity index (χ3n) is 2.22. The van der Waals surface area contributed by atoms with Gasteiger partial charge in [0.1, 0.15) is 5.75 Å². The largest absolute Gasteiger partial charge is 0.437 e. The maximum absolute atomic E-state index is 5.65. The van der Waals surface area contributed by atoms with E-state index in [1.54, 1.807) is 18.6 Å². The maximum Gasteiger partial charge on any atom is 0.222 e. The summed E-state index contributed by atoms with van der Waals surface area (Å²) in [6, 6.07) is 3.80. The second kappa shape index (κ2) is 5.25. The molecule has 0 aliphatic carbocycles. The lowest BCUT2D eigenvalue weighted by Crippen LogP contribution is -1.99. The second-order valence-corrected chi connectivity index (χ2v) is 4.53. The number of hydrogen-bond acceptors (Lipinski definition) is 4. The molecule has 0 saturated carbocycles. The van der Waals surface area contributed by atoms with Crippen LogP contribution in [0, 0.1) is 6.92 Å². The molecule has 0 spiro atoms. The van der Waals surface area contributed by atoms with Crippen molar-refractivity contribution in [1.29, 1.82) is 0 Å². The van der Waals surface area contributed by atoms with Crippen molar-refractivity contribution >= 4 is 15.9 Å². The number of rotatable bonds is 3. The highest BCUT2D eigenvalue weighted by Crippen LogP contribution is 2.24. The van der Waals surface area contributed by atoms with Gasteiger partial charge >= 0.3 is 0 Å². The Bertz CT molecular complexity index is 531. The minimum absolute atomic E-state index is 0.479. The topological polar surface area (TPSA) is 61.0 Å². The molecule has 0 aliphatic heterocycles. The first-order valence-corrected chi connectivity index (χ1v) is 5.92. The van der Waals surface area contributed by atoms with Gasteiger partial charge in [0, 0.05) is 29.0 Å². The van der Waals surface area contributed by atoms with Crippen molar-refractivity contribution in [2.45, 2.75) is 13.5 Å². The summed E-state index contributed by atoms with van der Waals surface area (Å²) in [4.78, 5) is 8.25. The van der Waals surface area contributed by atoms with E-state index in [1.807, 2.05) is 19.1 Å². The monoisotopic (exact) mass is 293 g/mol. The Morgan fingerprint density at radius 1 is 1.29 bits per heavy atom. The maximum atomic E-state index is 5.65. The lowest BCUT2D eigenvalue weighted by Gasteiger charge is -2.08. The first-order chi connectivity index (χ1) is 8.19. The molecule has 0 saturated heterocycles. The third-order valence-corrected chi connectivity index (χ3v) is 2.65. The second-order valence-electron chi connectivity index (χ2n) is 3.61. The highest BCUT2D eigenvalue weighted by molar-refractivity contribution is 9.10. The SMILES string of the molecule is Cc1cc(CN)cnc1Oc1cncc(Br)c1. The molecule has 0 radical (unpaired) electrons. The van der Waals surface area contributed by atoms with Crippen molar-refractivity contribution < 1.29 is 4.74 Å². The van der Waals surface area contributed by atoms with Crippen LogP contribution < -0.4 is 10.5 Å². The van der Waals surface area contributed by atoms with Crippen LogP contribution in [0.3, 0.4) is 0 Å². The van der Waals surface area contributed by atoms with Gasteiger partial charge < -0.3 is 10.5 Å². The summed E-state index contributed by atoms with van der Waals surface area (Å²) >= 11 is 3.34. The highest BCUT2D eigenvalue weighted by Gasteiger charge is 2.04. The predicted octanol–water partition coefficient (Wildman–Crippen LogP) is 2.80. The van der Waals surface area contributed by atoms with E-state index in [0.717, 1.165) is 15.6 Å². The van der Waals surface area contributed by atoms with Gasteiger partial charge in [-0.1, -0.05) is 0 Å². The van der Waals surface area contributed by atoms with Crippen LogP contribution in [0.4, 0.5) is 0 Å². The summed E-state index contributed by atoms with van der Waals surface area (Å²) in [5.74, 6) is 1.22. The van der Waals surface area contributed by atoms with E-state index in [1.165, 1.54) is 0 Å². The summed E-state index contributed by atoms with van der Waals surface area (Å²) in [7, 11) is 0. The molecule has 17 heavy (non-hydrogen) atoms. The molecule has 0 unspecified atom stereocenters. The molecule has 2 heterocycles. The Morgan fingerprint density at radius 3 is 2.76 bits per heavy atom. The van der Waals surface area contributed by atoms with Gasteiger partial charge in [0.25, 0.3) is 0 Å². The molecule has 88 valence electrons. The summed E-state index contributed by atoms with van der Waals surface area (Å²) in [6.45, 7) is 2.42. The number of nitrogens with two attached hydrogens (primary N) is 1. The average molecular weight is 294 g/mol. The highest BCUT2D eigenvalue weighted by atomic mass is 79.9. The lowest BCUT2D eigenvalue weighted by molar-refractivity contribution is 0.456. The van der Waals surface area contributed by atoms with Gasteiger partial charge in [0.2, 0.25) is 5.88 Å². The third kappa shape index (κ3) is 3.01. The Kier molecular flexibility index (Phi) is 3.71. The van der Waals surface area contributed by atoms with E-state index in [-0.39, 0.29) is 0 Å². The number of aromatic nitrogens is 2. The van der Waals surface area contributed by atoms with Crippen LogP contribution in [-0.2, 0) is 6.54 Å². The summed E-state index contributed by atoms with van der Waals surface area (Å²) in [5.41, 5.74) is 7.48. The fraction of sp³-hybridized carbons (Fsp3) is 0.167. The number of aryl methyl sites for hydroxylation is 1. The molecule has 0 amide bonds. The zero-order valence-corrected chi connectivity index (χ0v) is 10.9. The first kappa shape index (κ1) is 12.0. The molecule has 2 aromatic rings. The number of halogens is 1. The van der Waals surface area contributed by atoms with E-state index >= 15 is 0 Å². The molecular formula is C12H12BrN3O. The molecule has 0 aromatic carbocycles. The Morgan fingerprint density at radius 2 is 2.12 bits per heavy atom. The van der Waals surface area contributed by atoms with Crippen molar-refractivity contribution in [1.82, 2.24) is 9.97 Å². The average Bonchev–Trinajstić information content (AvgIpc) is 2.32. The molecule has 2 N–H and O–H groups in total. The molecule has 4 nitrogen and oxygen atoms in total. The van der Waals surface area contributed by atoms with E-state index < -0.39 is 0 Å². The number of nitrogens with zero attached hydrogens (tertiary/aromatic N) is 2. The number of hydrogen-bond donors (Lipinski definition) is 1. The molecule has 0 aliphatic rings. The number of ether oxygens (including phenoxy) is 1. The van der Waals surface area contributed by atoms with Crippen LogP contribution in [0.1, 0.15) is 11.1 Å². The molecule has 0 atom stereocenters. The Hall–Kier alpha value is -1.46. The Balaban J connectivity index is 2.24. The summed E-state index contributed by atoms with van der Waals surface area (Å²) < 4.78 is 6.51. The normalized spacial score (nSPS) is 10.3. The van der Waals surface area contributed by atoms with E-state index in [9.17, 15) is 0 Å². The van der Waals surface area contributed by atoms with E-state index in [4.69, 9.17) is 10.5 Å². The van der Waals surface area contributed by atoms with Gasteiger partial charge in [-0.3, -0.25) is 4.98 Å².